The van der Waals surface area contributed by atoms with Gasteiger partial charge in [-0.2, -0.15) is 0 Å². The van der Waals surface area contributed by atoms with E-state index < -0.39 is 6.04 Å². The standard InChI is InChI=1S/C14H22ClN3O/c1-14(2,3)12(16)13(19)17-9-6-7-11(18(4)5)10(15)8-9/h6-8,12H,16H2,1-5H3,(H,17,19)/t12-/m1/s1. The molecule has 0 bridgehead atoms. The Morgan fingerprint density at radius 2 is 1.95 bits per heavy atom. The topological polar surface area (TPSA) is 58.4 Å². The van der Waals surface area contributed by atoms with Crippen LogP contribution in [-0.2, 0) is 4.79 Å². The Labute approximate surface area is 119 Å². The lowest BCUT2D eigenvalue weighted by molar-refractivity contribution is -0.119. The van der Waals surface area contributed by atoms with Crippen molar-refractivity contribution in [1.82, 2.24) is 0 Å². The molecule has 0 aromatic heterocycles. The Bertz CT molecular complexity index is 466. The lowest BCUT2D eigenvalue weighted by Crippen LogP contribution is -2.45. The predicted molar refractivity (Wildman–Crippen MR) is 81.8 cm³/mol. The maximum atomic E-state index is 12.0. The van der Waals surface area contributed by atoms with Gasteiger partial charge in [-0.15, -0.1) is 0 Å². The summed E-state index contributed by atoms with van der Waals surface area (Å²) in [5.41, 5.74) is 7.18. The second-order valence-corrected chi connectivity index (χ2v) is 6.30. The fraction of sp³-hybridized carbons (Fsp3) is 0.500. The fourth-order valence-electron chi connectivity index (χ4n) is 1.56. The summed E-state index contributed by atoms with van der Waals surface area (Å²) in [5, 5.41) is 3.38. The van der Waals surface area contributed by atoms with Crippen LogP contribution < -0.4 is 16.0 Å². The smallest absolute Gasteiger partial charge is 0.241 e. The summed E-state index contributed by atoms with van der Waals surface area (Å²) in [6, 6.07) is 4.83. The highest BCUT2D eigenvalue weighted by molar-refractivity contribution is 6.33. The van der Waals surface area contributed by atoms with Gasteiger partial charge < -0.3 is 16.0 Å². The van der Waals surface area contributed by atoms with E-state index >= 15 is 0 Å². The van der Waals surface area contributed by atoms with E-state index in [0.29, 0.717) is 10.7 Å². The van der Waals surface area contributed by atoms with Crippen LogP contribution >= 0.6 is 11.6 Å². The van der Waals surface area contributed by atoms with Gasteiger partial charge in [-0.1, -0.05) is 32.4 Å². The highest BCUT2D eigenvalue weighted by Crippen LogP contribution is 2.28. The number of amides is 1. The second-order valence-electron chi connectivity index (χ2n) is 5.89. The van der Waals surface area contributed by atoms with Gasteiger partial charge in [0.1, 0.15) is 0 Å². The van der Waals surface area contributed by atoms with Gasteiger partial charge in [-0.3, -0.25) is 4.79 Å². The largest absolute Gasteiger partial charge is 0.376 e. The Hall–Kier alpha value is -1.26. The fourth-order valence-corrected chi connectivity index (χ4v) is 1.91. The summed E-state index contributed by atoms with van der Waals surface area (Å²) < 4.78 is 0. The second kappa shape index (κ2) is 5.80. The van der Waals surface area contributed by atoms with Crippen molar-refractivity contribution in [3.05, 3.63) is 23.2 Å². The van der Waals surface area contributed by atoms with E-state index in [0.717, 1.165) is 5.69 Å². The number of rotatable bonds is 3. The maximum absolute atomic E-state index is 12.0. The maximum Gasteiger partial charge on any atom is 0.241 e. The minimum atomic E-state index is -0.570. The molecular formula is C14H22ClN3O. The molecule has 1 atom stereocenters. The number of nitrogens with two attached hydrogens (primary N) is 1. The zero-order valence-corrected chi connectivity index (χ0v) is 12.9. The van der Waals surface area contributed by atoms with Gasteiger partial charge in [0.05, 0.1) is 16.8 Å². The normalized spacial score (nSPS) is 13.0. The molecule has 3 N–H and O–H groups in total. The zero-order chi connectivity index (χ0) is 14.8. The van der Waals surface area contributed by atoms with Crippen LogP contribution in [0.1, 0.15) is 20.8 Å². The quantitative estimate of drug-likeness (QED) is 0.897. The van der Waals surface area contributed by atoms with Crippen LogP contribution in [-0.4, -0.2) is 26.0 Å². The van der Waals surface area contributed by atoms with E-state index in [1.165, 1.54) is 0 Å². The SMILES string of the molecule is CN(C)c1ccc(NC(=O)[C@@H](N)C(C)(C)C)cc1Cl. The summed E-state index contributed by atoms with van der Waals surface area (Å²) in [6.07, 6.45) is 0. The molecule has 0 saturated carbocycles. The van der Waals surface area contributed by atoms with Gasteiger partial charge in [0.25, 0.3) is 0 Å². The molecule has 0 spiro atoms. The first kappa shape index (κ1) is 15.8. The van der Waals surface area contributed by atoms with Crippen molar-refractivity contribution >= 4 is 28.9 Å². The summed E-state index contributed by atoms with van der Waals surface area (Å²) in [7, 11) is 3.82. The van der Waals surface area contributed by atoms with Crippen molar-refractivity contribution in [2.24, 2.45) is 11.1 Å². The molecule has 1 aromatic rings. The minimum absolute atomic E-state index is 0.207. The van der Waals surface area contributed by atoms with E-state index in [1.54, 1.807) is 6.07 Å². The highest BCUT2D eigenvalue weighted by atomic mass is 35.5. The molecule has 0 fully saturated rings. The number of hydrogen-bond donors (Lipinski definition) is 2. The predicted octanol–water partition coefficient (Wildman–Crippen LogP) is 2.72. The molecule has 0 saturated heterocycles. The Balaban J connectivity index is 2.84. The third-order valence-electron chi connectivity index (χ3n) is 2.91. The highest BCUT2D eigenvalue weighted by Gasteiger charge is 2.27. The Morgan fingerprint density at radius 3 is 2.37 bits per heavy atom. The van der Waals surface area contributed by atoms with E-state index in [2.05, 4.69) is 5.32 Å². The lowest BCUT2D eigenvalue weighted by Gasteiger charge is -2.26. The first-order valence-electron chi connectivity index (χ1n) is 6.16. The lowest BCUT2D eigenvalue weighted by atomic mass is 9.87. The third-order valence-corrected chi connectivity index (χ3v) is 3.22. The van der Waals surface area contributed by atoms with Crippen LogP contribution in [0.4, 0.5) is 11.4 Å². The van der Waals surface area contributed by atoms with Crippen molar-refractivity contribution < 1.29 is 4.79 Å². The molecule has 5 heteroatoms. The average Bonchev–Trinajstić information content (AvgIpc) is 2.26. The minimum Gasteiger partial charge on any atom is -0.376 e. The zero-order valence-electron chi connectivity index (χ0n) is 12.1. The molecule has 0 heterocycles. The number of benzene rings is 1. The number of nitrogens with one attached hydrogen (secondary N) is 1. The molecule has 1 amide bonds. The summed E-state index contributed by atoms with van der Waals surface area (Å²) in [5.74, 6) is -0.207. The van der Waals surface area contributed by atoms with Crippen molar-refractivity contribution in [1.29, 1.82) is 0 Å². The van der Waals surface area contributed by atoms with Crippen LogP contribution in [0.5, 0.6) is 0 Å². The monoisotopic (exact) mass is 283 g/mol. The van der Waals surface area contributed by atoms with Gasteiger partial charge in [-0.05, 0) is 23.6 Å². The molecule has 0 unspecified atom stereocenters. The molecular weight excluding hydrogens is 262 g/mol. The Kier molecular flexibility index (Phi) is 4.82. The first-order chi connectivity index (χ1) is 8.62. The van der Waals surface area contributed by atoms with Gasteiger partial charge in [0.15, 0.2) is 0 Å². The number of anilines is 2. The van der Waals surface area contributed by atoms with E-state index in [4.69, 9.17) is 17.3 Å². The molecule has 0 radical (unpaired) electrons. The van der Waals surface area contributed by atoms with E-state index in [9.17, 15) is 4.79 Å². The molecule has 1 aromatic carbocycles. The van der Waals surface area contributed by atoms with E-state index in [1.807, 2.05) is 51.9 Å². The number of carbonyl (C=O) groups excluding carboxylic acids is 1. The molecule has 19 heavy (non-hydrogen) atoms. The average molecular weight is 284 g/mol. The van der Waals surface area contributed by atoms with Crippen molar-refractivity contribution in [2.75, 3.05) is 24.3 Å². The summed E-state index contributed by atoms with van der Waals surface area (Å²) in [6.45, 7) is 5.79. The van der Waals surface area contributed by atoms with Crippen LogP contribution in [0.2, 0.25) is 5.02 Å². The number of halogens is 1. The van der Waals surface area contributed by atoms with Crippen LogP contribution in [0.15, 0.2) is 18.2 Å². The molecule has 0 aliphatic heterocycles. The van der Waals surface area contributed by atoms with Gasteiger partial charge in [0, 0.05) is 19.8 Å². The van der Waals surface area contributed by atoms with Gasteiger partial charge in [-0.25, -0.2) is 0 Å². The molecule has 4 nitrogen and oxygen atoms in total. The van der Waals surface area contributed by atoms with Crippen molar-refractivity contribution in [3.8, 4) is 0 Å². The van der Waals surface area contributed by atoms with Gasteiger partial charge >= 0.3 is 0 Å². The van der Waals surface area contributed by atoms with Crippen molar-refractivity contribution in [2.45, 2.75) is 26.8 Å². The molecule has 1 rings (SSSR count). The van der Waals surface area contributed by atoms with Crippen LogP contribution in [0, 0.1) is 5.41 Å². The molecule has 0 aliphatic carbocycles. The third kappa shape index (κ3) is 4.11. The van der Waals surface area contributed by atoms with Gasteiger partial charge in [0.2, 0.25) is 5.91 Å². The molecule has 0 aliphatic rings. The van der Waals surface area contributed by atoms with E-state index in [-0.39, 0.29) is 11.3 Å². The first-order valence-corrected chi connectivity index (χ1v) is 6.54. The summed E-state index contributed by atoms with van der Waals surface area (Å²) in [4.78, 5) is 13.9. The van der Waals surface area contributed by atoms with Crippen LogP contribution in [0.3, 0.4) is 0 Å². The number of hydrogen-bond acceptors (Lipinski definition) is 3. The van der Waals surface area contributed by atoms with Crippen molar-refractivity contribution in [3.63, 3.8) is 0 Å². The number of carbonyl (C=O) groups is 1. The number of nitrogens with zero attached hydrogens (tertiary/aromatic N) is 1. The molecule has 106 valence electrons. The summed E-state index contributed by atoms with van der Waals surface area (Å²) >= 11 is 6.15. The Morgan fingerprint density at radius 1 is 1.37 bits per heavy atom. The van der Waals surface area contributed by atoms with Crippen LogP contribution in [0.25, 0.3) is 0 Å².